The van der Waals surface area contributed by atoms with Gasteiger partial charge in [-0.2, -0.15) is 9.40 Å². The van der Waals surface area contributed by atoms with Crippen molar-refractivity contribution in [1.82, 2.24) is 19.2 Å². The van der Waals surface area contributed by atoms with Crippen molar-refractivity contribution in [2.75, 3.05) is 13.2 Å². The number of nitrogens with zero attached hydrogens (tertiary/aromatic N) is 4. The Morgan fingerprint density at radius 2 is 1.97 bits per heavy atom. The number of fused-ring (bicyclic) bond motifs is 1. The number of halogens is 1. The molecule has 31 heavy (non-hydrogen) atoms. The molecule has 0 bridgehead atoms. The molecule has 0 unspecified atom stereocenters. The highest BCUT2D eigenvalue weighted by molar-refractivity contribution is 7.89. The van der Waals surface area contributed by atoms with E-state index in [0.29, 0.717) is 22.7 Å². The third-order valence-electron chi connectivity index (χ3n) is 5.13. The molecular formula is C20H21ClN4O5S. The largest absolute Gasteiger partial charge is 0.461 e. The molecule has 3 heterocycles. The van der Waals surface area contributed by atoms with Crippen LogP contribution in [-0.2, 0) is 27.7 Å². The van der Waals surface area contributed by atoms with Crippen LogP contribution in [0.5, 0.6) is 0 Å². The van der Waals surface area contributed by atoms with Gasteiger partial charge in [0.05, 0.1) is 18.0 Å². The van der Waals surface area contributed by atoms with Gasteiger partial charge >= 0.3 is 5.97 Å². The lowest BCUT2D eigenvalue weighted by Gasteiger charge is -2.27. The van der Waals surface area contributed by atoms with Gasteiger partial charge in [-0.1, -0.05) is 16.8 Å². The summed E-state index contributed by atoms with van der Waals surface area (Å²) in [5, 5.41) is 8.81. The summed E-state index contributed by atoms with van der Waals surface area (Å²) in [6.07, 6.45) is 0.368. The molecule has 0 saturated carbocycles. The highest BCUT2D eigenvalue weighted by Gasteiger charge is 2.37. The summed E-state index contributed by atoms with van der Waals surface area (Å²) in [6, 6.07) is 7.03. The van der Waals surface area contributed by atoms with E-state index >= 15 is 0 Å². The summed E-state index contributed by atoms with van der Waals surface area (Å²) in [6.45, 7) is 5.24. The molecule has 9 nitrogen and oxygen atoms in total. The molecule has 2 aromatic heterocycles. The third-order valence-corrected chi connectivity index (χ3v) is 7.47. The number of hydrogen-bond acceptors (Lipinski definition) is 7. The van der Waals surface area contributed by atoms with E-state index in [4.69, 9.17) is 20.9 Å². The average Bonchev–Trinajstić information content (AvgIpc) is 3.28. The standard InChI is InChI=1S/C20H21ClN4O5S/c1-4-29-20(26)18-16-11-24(31(27,28)19-12(2)23-30-13(19)3)10-9-17(16)25(22-18)15-7-5-14(21)6-8-15/h5-8H,4,9-11H2,1-3H3. The fraction of sp³-hybridized carbons (Fsp3) is 0.350. The first kappa shape index (κ1) is 21.5. The minimum atomic E-state index is -3.87. The normalized spacial score (nSPS) is 14.5. The van der Waals surface area contributed by atoms with E-state index in [0.717, 1.165) is 11.4 Å². The molecule has 3 aromatic rings. The Hall–Kier alpha value is -2.69. The number of sulfonamides is 1. The van der Waals surface area contributed by atoms with Gasteiger partial charge < -0.3 is 9.26 Å². The number of ether oxygens (including phenoxy) is 1. The maximum atomic E-state index is 13.3. The predicted octanol–water partition coefficient (Wildman–Crippen LogP) is 3.05. The van der Waals surface area contributed by atoms with Crippen molar-refractivity contribution in [3.8, 4) is 5.69 Å². The number of aromatic nitrogens is 3. The zero-order valence-electron chi connectivity index (χ0n) is 17.3. The summed E-state index contributed by atoms with van der Waals surface area (Å²) < 4.78 is 39.8. The molecule has 0 atom stereocenters. The molecule has 0 N–H and O–H groups in total. The number of rotatable bonds is 5. The maximum absolute atomic E-state index is 13.3. The molecular weight excluding hydrogens is 444 g/mol. The number of carbonyl (C=O) groups is 1. The highest BCUT2D eigenvalue weighted by atomic mass is 35.5. The van der Waals surface area contributed by atoms with Crippen LogP contribution in [0.25, 0.3) is 5.69 Å². The molecule has 0 amide bonds. The van der Waals surface area contributed by atoms with E-state index in [1.54, 1.807) is 49.7 Å². The van der Waals surface area contributed by atoms with Gasteiger partial charge in [0.1, 0.15) is 10.6 Å². The number of aryl methyl sites for hydroxylation is 2. The quantitative estimate of drug-likeness (QED) is 0.534. The van der Waals surface area contributed by atoms with Crippen LogP contribution in [0, 0.1) is 13.8 Å². The third kappa shape index (κ3) is 3.75. The smallest absolute Gasteiger partial charge is 0.359 e. The van der Waals surface area contributed by atoms with Crippen molar-refractivity contribution in [2.24, 2.45) is 0 Å². The molecule has 1 aliphatic heterocycles. The van der Waals surface area contributed by atoms with Crippen LogP contribution in [0.3, 0.4) is 0 Å². The van der Waals surface area contributed by atoms with E-state index in [2.05, 4.69) is 10.3 Å². The van der Waals surface area contributed by atoms with Crippen molar-refractivity contribution in [3.63, 3.8) is 0 Å². The summed E-state index contributed by atoms with van der Waals surface area (Å²) in [7, 11) is -3.87. The second-order valence-electron chi connectivity index (χ2n) is 7.12. The molecule has 11 heteroatoms. The lowest BCUT2D eigenvalue weighted by atomic mass is 10.1. The van der Waals surface area contributed by atoms with Crippen molar-refractivity contribution >= 4 is 27.6 Å². The number of esters is 1. The first-order chi connectivity index (χ1) is 14.7. The van der Waals surface area contributed by atoms with E-state index in [1.165, 1.54) is 4.31 Å². The Morgan fingerprint density at radius 3 is 2.58 bits per heavy atom. The Kier molecular flexibility index (Phi) is 5.63. The van der Waals surface area contributed by atoms with Crippen LogP contribution >= 0.6 is 11.6 Å². The van der Waals surface area contributed by atoms with Gasteiger partial charge in [0.15, 0.2) is 11.5 Å². The van der Waals surface area contributed by atoms with Gasteiger partial charge in [-0.15, -0.1) is 0 Å². The van der Waals surface area contributed by atoms with Gasteiger partial charge in [-0.25, -0.2) is 17.9 Å². The van der Waals surface area contributed by atoms with Crippen LogP contribution in [0.15, 0.2) is 33.7 Å². The predicted molar refractivity (Wildman–Crippen MR) is 112 cm³/mol. The molecule has 4 rings (SSSR count). The SMILES string of the molecule is CCOC(=O)c1nn(-c2ccc(Cl)cc2)c2c1CN(S(=O)(=O)c1c(C)noc1C)CC2. The summed E-state index contributed by atoms with van der Waals surface area (Å²) in [5.74, 6) is -0.367. The topological polar surface area (TPSA) is 108 Å². The number of carbonyl (C=O) groups excluding carboxylic acids is 1. The Bertz CT molecular complexity index is 1230. The highest BCUT2D eigenvalue weighted by Crippen LogP contribution is 2.31. The summed E-state index contributed by atoms with van der Waals surface area (Å²) in [4.78, 5) is 12.7. The molecule has 164 valence electrons. The monoisotopic (exact) mass is 464 g/mol. The molecule has 0 saturated heterocycles. The van der Waals surface area contributed by atoms with Gasteiger partial charge in [0.25, 0.3) is 0 Å². The van der Waals surface area contributed by atoms with Crippen LogP contribution in [-0.4, -0.2) is 46.8 Å². The molecule has 0 spiro atoms. The van der Waals surface area contributed by atoms with E-state index in [1.807, 2.05) is 0 Å². The van der Waals surface area contributed by atoms with Crippen molar-refractivity contribution < 1.29 is 22.5 Å². The molecule has 1 aromatic carbocycles. The zero-order chi connectivity index (χ0) is 22.3. The number of hydrogen-bond donors (Lipinski definition) is 0. The molecule has 0 aliphatic carbocycles. The van der Waals surface area contributed by atoms with E-state index < -0.39 is 16.0 Å². The lowest BCUT2D eigenvalue weighted by Crippen LogP contribution is -2.37. The van der Waals surface area contributed by atoms with Gasteiger partial charge in [0, 0.05) is 30.1 Å². The molecule has 0 fully saturated rings. The van der Waals surface area contributed by atoms with E-state index in [-0.39, 0.29) is 36.0 Å². The van der Waals surface area contributed by atoms with E-state index in [9.17, 15) is 13.2 Å². The number of benzene rings is 1. The average molecular weight is 465 g/mol. The Morgan fingerprint density at radius 1 is 1.26 bits per heavy atom. The van der Waals surface area contributed by atoms with Crippen LogP contribution < -0.4 is 0 Å². The van der Waals surface area contributed by atoms with Gasteiger partial charge in [0.2, 0.25) is 10.0 Å². The van der Waals surface area contributed by atoms with Crippen molar-refractivity contribution in [1.29, 1.82) is 0 Å². The Labute approximate surface area is 184 Å². The lowest BCUT2D eigenvalue weighted by molar-refractivity contribution is 0.0517. The fourth-order valence-corrected chi connectivity index (χ4v) is 5.56. The van der Waals surface area contributed by atoms with Crippen molar-refractivity contribution in [3.05, 3.63) is 57.7 Å². The zero-order valence-corrected chi connectivity index (χ0v) is 18.8. The van der Waals surface area contributed by atoms with Gasteiger partial charge in [-0.3, -0.25) is 0 Å². The van der Waals surface area contributed by atoms with Crippen molar-refractivity contribution in [2.45, 2.75) is 38.6 Å². The minimum absolute atomic E-state index is 0.0105. The molecule has 0 radical (unpaired) electrons. The maximum Gasteiger partial charge on any atom is 0.359 e. The second-order valence-corrected chi connectivity index (χ2v) is 9.44. The first-order valence-corrected chi connectivity index (χ1v) is 11.5. The second kappa shape index (κ2) is 8.10. The minimum Gasteiger partial charge on any atom is -0.461 e. The first-order valence-electron chi connectivity index (χ1n) is 9.71. The van der Waals surface area contributed by atoms with Gasteiger partial charge in [-0.05, 0) is 45.0 Å². The summed E-state index contributed by atoms with van der Waals surface area (Å²) >= 11 is 5.99. The van der Waals surface area contributed by atoms with Crippen LogP contribution in [0.4, 0.5) is 0 Å². The van der Waals surface area contributed by atoms with Crippen LogP contribution in [0.2, 0.25) is 5.02 Å². The summed E-state index contributed by atoms with van der Waals surface area (Å²) in [5.41, 5.74) is 2.40. The van der Waals surface area contributed by atoms with Crippen LogP contribution in [0.1, 0.15) is 40.1 Å². The molecule has 1 aliphatic rings. The Balaban J connectivity index is 1.79. The fourth-order valence-electron chi connectivity index (χ4n) is 3.73.